The Bertz CT molecular complexity index is 1300. The van der Waals surface area contributed by atoms with Crippen molar-refractivity contribution in [1.29, 1.82) is 0 Å². The molecular weight excluding hydrogens is 583 g/mol. The molecule has 0 unspecified atom stereocenters. The average molecular weight is 647 g/mol. The fraction of sp³-hybridized carbons (Fsp3) is 0.571. The SMILES string of the molecule is CC(C)(C)c1cc(P(c2cc(C(C)(C)C)c(O)c(C(C)(C)C)c2)c2cc(C(C)(C)C)c(O)c(C(C)(C)C)c2)cc(C(C)(C)C)c1O. The lowest BCUT2D eigenvalue weighted by atomic mass is 9.79. The van der Waals surface area contributed by atoms with Crippen LogP contribution in [0.2, 0.25) is 0 Å². The summed E-state index contributed by atoms with van der Waals surface area (Å²) >= 11 is 0. The second-order valence-electron chi connectivity index (χ2n) is 19.5. The summed E-state index contributed by atoms with van der Waals surface area (Å²) in [5.74, 6) is 1.10. The molecule has 46 heavy (non-hydrogen) atoms. The first-order chi connectivity index (χ1) is 20.4. The molecule has 0 aliphatic carbocycles. The van der Waals surface area contributed by atoms with Crippen LogP contribution < -0.4 is 15.9 Å². The number of phenols is 3. The van der Waals surface area contributed by atoms with Gasteiger partial charge in [-0.25, -0.2) is 0 Å². The number of hydrogen-bond acceptors (Lipinski definition) is 3. The lowest BCUT2D eigenvalue weighted by Gasteiger charge is -2.34. The van der Waals surface area contributed by atoms with Gasteiger partial charge >= 0.3 is 0 Å². The van der Waals surface area contributed by atoms with Crippen LogP contribution in [0.3, 0.4) is 0 Å². The van der Waals surface area contributed by atoms with Crippen LogP contribution >= 0.6 is 7.92 Å². The predicted octanol–water partition coefficient (Wildman–Crippen LogP) is 10.3. The maximum Gasteiger partial charge on any atom is 0.123 e. The Morgan fingerprint density at radius 3 is 0.543 bits per heavy atom. The van der Waals surface area contributed by atoms with Gasteiger partial charge in [0.05, 0.1) is 0 Å². The zero-order chi connectivity index (χ0) is 35.7. The molecule has 0 fully saturated rings. The van der Waals surface area contributed by atoms with Crippen molar-refractivity contribution < 1.29 is 15.3 Å². The minimum absolute atomic E-state index is 0.286. The third kappa shape index (κ3) is 7.78. The van der Waals surface area contributed by atoms with Crippen molar-refractivity contribution in [3.8, 4) is 17.2 Å². The van der Waals surface area contributed by atoms with Gasteiger partial charge in [-0.15, -0.1) is 0 Å². The molecule has 0 aliphatic rings. The molecule has 0 aromatic heterocycles. The van der Waals surface area contributed by atoms with Gasteiger partial charge in [-0.3, -0.25) is 0 Å². The Hall–Kier alpha value is -2.51. The van der Waals surface area contributed by atoms with Gasteiger partial charge in [0.1, 0.15) is 17.2 Å². The molecule has 0 radical (unpaired) electrons. The summed E-state index contributed by atoms with van der Waals surface area (Å²) in [6, 6.07) is 13.3. The van der Waals surface area contributed by atoms with Crippen LogP contribution in [0.25, 0.3) is 0 Å². The molecule has 0 bridgehead atoms. The summed E-state index contributed by atoms with van der Waals surface area (Å²) in [6.07, 6.45) is 0. The first-order valence-corrected chi connectivity index (χ1v) is 18.1. The fourth-order valence-electron chi connectivity index (χ4n) is 6.12. The predicted molar refractivity (Wildman–Crippen MR) is 202 cm³/mol. The van der Waals surface area contributed by atoms with E-state index >= 15 is 0 Å². The molecule has 0 amide bonds. The summed E-state index contributed by atoms with van der Waals surface area (Å²) < 4.78 is 0. The van der Waals surface area contributed by atoms with Crippen molar-refractivity contribution >= 4 is 23.8 Å². The van der Waals surface area contributed by atoms with Gasteiger partial charge in [-0.05, 0) is 92.7 Å². The Balaban J connectivity index is 2.71. The maximum atomic E-state index is 11.7. The van der Waals surface area contributed by atoms with Gasteiger partial charge in [0.25, 0.3) is 0 Å². The molecule has 0 atom stereocenters. The summed E-state index contributed by atoms with van der Waals surface area (Å²) in [5.41, 5.74) is 3.86. The minimum atomic E-state index is -1.20. The summed E-state index contributed by atoms with van der Waals surface area (Å²) in [7, 11) is -1.20. The lowest BCUT2D eigenvalue weighted by molar-refractivity contribution is 0.423. The van der Waals surface area contributed by atoms with Crippen LogP contribution in [-0.4, -0.2) is 15.3 Å². The third-order valence-corrected chi connectivity index (χ3v) is 11.2. The van der Waals surface area contributed by atoms with Crippen molar-refractivity contribution in [2.45, 2.75) is 157 Å². The number of phenolic OH excluding ortho intramolecular Hbond substituents is 3. The Morgan fingerprint density at radius 2 is 0.435 bits per heavy atom. The van der Waals surface area contributed by atoms with E-state index in [9.17, 15) is 15.3 Å². The first-order valence-electron chi connectivity index (χ1n) is 16.8. The zero-order valence-electron chi connectivity index (χ0n) is 32.3. The van der Waals surface area contributed by atoms with Gasteiger partial charge < -0.3 is 15.3 Å². The summed E-state index contributed by atoms with van der Waals surface area (Å²) in [4.78, 5) is 0. The molecule has 3 rings (SSSR count). The van der Waals surface area contributed by atoms with Gasteiger partial charge in [0.15, 0.2) is 0 Å². The van der Waals surface area contributed by atoms with E-state index in [1.807, 2.05) is 0 Å². The normalized spacial score (nSPS) is 13.9. The van der Waals surface area contributed by atoms with Gasteiger partial charge in [-0.1, -0.05) is 125 Å². The van der Waals surface area contributed by atoms with Crippen molar-refractivity contribution in [2.24, 2.45) is 0 Å². The molecule has 0 saturated heterocycles. The minimum Gasteiger partial charge on any atom is -0.507 e. The van der Waals surface area contributed by atoms with Crippen LogP contribution in [0, 0.1) is 0 Å². The van der Waals surface area contributed by atoms with Crippen molar-refractivity contribution in [3.05, 3.63) is 69.8 Å². The molecule has 254 valence electrons. The standard InChI is InChI=1S/C42H63O3P/c1-37(2,3)28-19-25(20-29(34(28)43)38(4,5)6)46(26-21-30(39(7,8)9)35(44)31(22-26)40(10,11)12)27-23-32(41(13,14)15)36(45)33(24-27)42(16,17)18/h19-24,43-45H,1-18H3. The summed E-state index contributed by atoms with van der Waals surface area (Å²) in [6.45, 7) is 38.9. The van der Waals surface area contributed by atoms with Crippen LogP contribution in [0.1, 0.15) is 158 Å². The van der Waals surface area contributed by atoms with Gasteiger partial charge in [0.2, 0.25) is 0 Å². The quantitative estimate of drug-likeness (QED) is 0.248. The highest BCUT2D eigenvalue weighted by Gasteiger charge is 2.34. The topological polar surface area (TPSA) is 60.7 Å². The van der Waals surface area contributed by atoms with Crippen molar-refractivity contribution in [3.63, 3.8) is 0 Å². The number of aromatic hydroxyl groups is 3. The van der Waals surface area contributed by atoms with Gasteiger partial charge in [0, 0.05) is 33.4 Å². The van der Waals surface area contributed by atoms with E-state index < -0.39 is 7.92 Å². The molecule has 0 heterocycles. The highest BCUT2D eigenvalue weighted by atomic mass is 31.1. The molecule has 4 heteroatoms. The Labute approximate surface area is 282 Å². The molecule has 3 N–H and O–H groups in total. The molecule has 0 spiro atoms. The molecule has 3 aromatic rings. The second-order valence-corrected chi connectivity index (χ2v) is 21.7. The third-order valence-electron chi connectivity index (χ3n) is 8.91. The smallest absolute Gasteiger partial charge is 0.123 e. The van der Waals surface area contributed by atoms with E-state index in [0.29, 0.717) is 17.2 Å². The van der Waals surface area contributed by atoms with Crippen molar-refractivity contribution in [2.75, 3.05) is 0 Å². The van der Waals surface area contributed by atoms with Crippen LogP contribution in [0.5, 0.6) is 17.2 Å². The van der Waals surface area contributed by atoms with E-state index in [1.165, 1.54) is 0 Å². The van der Waals surface area contributed by atoms with Gasteiger partial charge in [-0.2, -0.15) is 0 Å². The Kier molecular flexibility index (Phi) is 9.79. The van der Waals surface area contributed by atoms with Crippen LogP contribution in [-0.2, 0) is 32.5 Å². The maximum absolute atomic E-state index is 11.7. The largest absolute Gasteiger partial charge is 0.507 e. The van der Waals surface area contributed by atoms with Crippen LogP contribution in [0.15, 0.2) is 36.4 Å². The second kappa shape index (κ2) is 11.9. The molecule has 3 nitrogen and oxygen atoms in total. The first kappa shape index (κ1) is 37.9. The Morgan fingerprint density at radius 1 is 0.304 bits per heavy atom. The fourth-order valence-corrected chi connectivity index (χ4v) is 8.57. The van der Waals surface area contributed by atoms with Crippen LogP contribution in [0.4, 0.5) is 0 Å². The summed E-state index contributed by atoms with van der Waals surface area (Å²) in [5, 5.41) is 38.6. The van der Waals surface area contributed by atoms with Crippen molar-refractivity contribution in [1.82, 2.24) is 0 Å². The van der Waals surface area contributed by atoms with E-state index in [0.717, 1.165) is 49.3 Å². The monoisotopic (exact) mass is 646 g/mol. The van der Waals surface area contributed by atoms with E-state index in [1.54, 1.807) is 0 Å². The number of rotatable bonds is 3. The molecular formula is C42H63O3P. The van der Waals surface area contributed by atoms with E-state index in [2.05, 4.69) is 161 Å². The van der Waals surface area contributed by atoms with E-state index in [-0.39, 0.29) is 32.5 Å². The highest BCUT2D eigenvalue weighted by Crippen LogP contribution is 2.48. The highest BCUT2D eigenvalue weighted by molar-refractivity contribution is 7.79. The number of benzene rings is 3. The molecule has 0 saturated carbocycles. The number of hydrogen-bond donors (Lipinski definition) is 3. The average Bonchev–Trinajstić information content (AvgIpc) is 2.82. The lowest BCUT2D eigenvalue weighted by Crippen LogP contribution is -2.30. The molecule has 3 aromatic carbocycles. The molecule has 0 aliphatic heterocycles. The zero-order valence-corrected chi connectivity index (χ0v) is 33.1. The van der Waals surface area contributed by atoms with E-state index in [4.69, 9.17) is 0 Å².